The third-order valence-electron chi connectivity index (χ3n) is 2.88. The van der Waals surface area contributed by atoms with Gasteiger partial charge in [0.1, 0.15) is 0 Å². The van der Waals surface area contributed by atoms with Crippen LogP contribution in [0.25, 0.3) is 0 Å². The molecule has 6 nitrogen and oxygen atoms in total. The van der Waals surface area contributed by atoms with Gasteiger partial charge in [-0.05, 0) is 24.1 Å². The maximum atomic E-state index is 11.6. The van der Waals surface area contributed by atoms with Gasteiger partial charge in [0.05, 0.1) is 24.3 Å². The molecule has 0 spiro atoms. The molecule has 0 bridgehead atoms. The molecule has 2 aromatic rings. The van der Waals surface area contributed by atoms with Crippen molar-refractivity contribution in [1.29, 1.82) is 5.26 Å². The van der Waals surface area contributed by atoms with Gasteiger partial charge < -0.3 is 9.52 Å². The van der Waals surface area contributed by atoms with E-state index in [1.807, 2.05) is 13.0 Å². The minimum atomic E-state index is -0.875. The number of nitrogens with zero attached hydrogens (tertiary/aromatic N) is 3. The zero-order valence-corrected chi connectivity index (χ0v) is 11.1. The fourth-order valence-electron chi connectivity index (χ4n) is 1.83. The summed E-state index contributed by atoms with van der Waals surface area (Å²) in [6.45, 7) is 1.99. The van der Waals surface area contributed by atoms with Crippen molar-refractivity contribution in [2.45, 2.75) is 32.4 Å². The highest BCUT2D eigenvalue weighted by Crippen LogP contribution is 2.15. The third kappa shape index (κ3) is 3.13. The van der Waals surface area contributed by atoms with Crippen LogP contribution >= 0.6 is 0 Å². The highest BCUT2D eigenvalue weighted by molar-refractivity contribution is 5.32. The van der Waals surface area contributed by atoms with Gasteiger partial charge in [0.25, 0.3) is 0 Å². The zero-order chi connectivity index (χ0) is 14.5. The Morgan fingerprint density at radius 3 is 2.75 bits per heavy atom. The number of aliphatic hydroxyl groups is 1. The Labute approximate surface area is 115 Å². The van der Waals surface area contributed by atoms with E-state index in [2.05, 4.69) is 5.10 Å². The zero-order valence-electron chi connectivity index (χ0n) is 11.1. The van der Waals surface area contributed by atoms with Crippen molar-refractivity contribution in [1.82, 2.24) is 9.78 Å². The first kappa shape index (κ1) is 14.0. The smallest absolute Gasteiger partial charge is 0.392 e. The summed E-state index contributed by atoms with van der Waals surface area (Å²) in [6.07, 6.45) is 0.549. The van der Waals surface area contributed by atoms with Gasteiger partial charge in [-0.3, -0.25) is 0 Å². The first-order chi connectivity index (χ1) is 9.63. The van der Waals surface area contributed by atoms with E-state index < -0.39 is 11.9 Å². The van der Waals surface area contributed by atoms with Crippen LogP contribution in [-0.2, 0) is 13.0 Å². The van der Waals surface area contributed by atoms with Crippen molar-refractivity contribution in [3.63, 3.8) is 0 Å². The monoisotopic (exact) mass is 273 g/mol. The molecule has 1 aromatic heterocycles. The van der Waals surface area contributed by atoms with Gasteiger partial charge in [0, 0.05) is 6.42 Å². The van der Waals surface area contributed by atoms with E-state index in [1.54, 1.807) is 24.3 Å². The first-order valence-corrected chi connectivity index (χ1v) is 6.39. The number of aromatic nitrogens is 2. The molecule has 1 N–H and O–H groups in total. The molecule has 0 aliphatic carbocycles. The van der Waals surface area contributed by atoms with Crippen LogP contribution in [0, 0.1) is 11.3 Å². The largest absolute Gasteiger partial charge is 0.437 e. The molecule has 104 valence electrons. The summed E-state index contributed by atoms with van der Waals surface area (Å²) in [4.78, 5) is 11.6. The molecule has 0 fully saturated rings. The second-order valence-electron chi connectivity index (χ2n) is 4.44. The molecule has 0 saturated heterocycles. The lowest BCUT2D eigenvalue weighted by Crippen LogP contribution is -2.20. The van der Waals surface area contributed by atoms with E-state index in [0.29, 0.717) is 23.4 Å². The SMILES string of the molecule is CCCc1nn(CC(O)c2ccc(C#N)cc2)c(=O)o1. The van der Waals surface area contributed by atoms with Crippen molar-refractivity contribution in [2.24, 2.45) is 0 Å². The molecule has 1 aromatic carbocycles. The van der Waals surface area contributed by atoms with Crippen LogP contribution in [0.3, 0.4) is 0 Å². The number of hydrogen-bond acceptors (Lipinski definition) is 5. The van der Waals surface area contributed by atoms with Crippen LogP contribution in [0.2, 0.25) is 0 Å². The third-order valence-corrected chi connectivity index (χ3v) is 2.88. The van der Waals surface area contributed by atoms with E-state index in [1.165, 1.54) is 0 Å². The standard InChI is InChI=1S/C14H15N3O3/c1-2-3-13-16-17(14(19)20-13)9-12(18)11-6-4-10(8-15)5-7-11/h4-7,12,18H,2-3,9H2,1H3. The summed E-state index contributed by atoms with van der Waals surface area (Å²) in [5, 5.41) is 22.8. The van der Waals surface area contributed by atoms with E-state index in [9.17, 15) is 9.90 Å². The van der Waals surface area contributed by atoms with Crippen molar-refractivity contribution in [3.05, 3.63) is 51.8 Å². The normalized spacial score (nSPS) is 12.1. The lowest BCUT2D eigenvalue weighted by atomic mass is 10.1. The Bertz CT molecular complexity index is 664. The lowest BCUT2D eigenvalue weighted by molar-refractivity contribution is 0.148. The Morgan fingerprint density at radius 1 is 1.45 bits per heavy atom. The number of aryl methyl sites for hydroxylation is 1. The fraction of sp³-hybridized carbons (Fsp3) is 0.357. The van der Waals surface area contributed by atoms with E-state index in [-0.39, 0.29) is 6.54 Å². The van der Waals surface area contributed by atoms with Crippen LogP contribution in [0.15, 0.2) is 33.5 Å². The van der Waals surface area contributed by atoms with Gasteiger partial charge in [-0.25, -0.2) is 4.79 Å². The average molecular weight is 273 g/mol. The molecule has 0 radical (unpaired) electrons. The summed E-state index contributed by atoms with van der Waals surface area (Å²) < 4.78 is 6.09. The molecule has 6 heteroatoms. The Hall–Kier alpha value is -2.39. The highest BCUT2D eigenvalue weighted by Gasteiger charge is 2.13. The first-order valence-electron chi connectivity index (χ1n) is 6.39. The molecule has 2 rings (SSSR count). The predicted molar refractivity (Wildman–Crippen MR) is 70.9 cm³/mol. The van der Waals surface area contributed by atoms with Gasteiger partial charge in [0.2, 0.25) is 5.89 Å². The summed E-state index contributed by atoms with van der Waals surface area (Å²) >= 11 is 0. The van der Waals surface area contributed by atoms with Crippen LogP contribution in [0.4, 0.5) is 0 Å². The maximum Gasteiger partial charge on any atom is 0.437 e. The Morgan fingerprint density at radius 2 is 2.15 bits per heavy atom. The quantitative estimate of drug-likeness (QED) is 0.888. The maximum absolute atomic E-state index is 11.6. The minimum Gasteiger partial charge on any atom is -0.392 e. The van der Waals surface area contributed by atoms with Crippen molar-refractivity contribution < 1.29 is 9.52 Å². The summed E-state index contributed by atoms with van der Waals surface area (Å²) in [7, 11) is 0. The van der Waals surface area contributed by atoms with Gasteiger partial charge in [-0.15, -0.1) is 5.10 Å². The van der Waals surface area contributed by atoms with E-state index >= 15 is 0 Å². The summed E-state index contributed by atoms with van der Waals surface area (Å²) in [6, 6.07) is 8.55. The van der Waals surface area contributed by atoms with Crippen LogP contribution in [0.1, 0.15) is 36.5 Å². The molecular formula is C14H15N3O3. The van der Waals surface area contributed by atoms with E-state index in [4.69, 9.17) is 9.68 Å². The number of benzene rings is 1. The highest BCUT2D eigenvalue weighted by atomic mass is 16.4. The van der Waals surface area contributed by atoms with Crippen molar-refractivity contribution in [2.75, 3.05) is 0 Å². The number of aliphatic hydroxyl groups excluding tert-OH is 1. The molecule has 0 amide bonds. The molecule has 20 heavy (non-hydrogen) atoms. The molecule has 1 heterocycles. The van der Waals surface area contributed by atoms with Crippen molar-refractivity contribution >= 4 is 0 Å². The second-order valence-corrected chi connectivity index (χ2v) is 4.44. The van der Waals surface area contributed by atoms with Gasteiger partial charge in [-0.2, -0.15) is 9.94 Å². The van der Waals surface area contributed by atoms with Crippen LogP contribution in [0.5, 0.6) is 0 Å². The van der Waals surface area contributed by atoms with Gasteiger partial charge in [-0.1, -0.05) is 19.1 Å². The number of nitriles is 1. The topological polar surface area (TPSA) is 92.0 Å². The molecule has 0 aliphatic rings. The molecular weight excluding hydrogens is 258 g/mol. The van der Waals surface area contributed by atoms with Gasteiger partial charge in [0.15, 0.2) is 0 Å². The Balaban J connectivity index is 2.12. The number of rotatable bonds is 5. The summed E-state index contributed by atoms with van der Waals surface area (Å²) in [5.74, 6) is -0.189. The molecule has 1 unspecified atom stereocenters. The molecule has 1 atom stereocenters. The average Bonchev–Trinajstić information content (AvgIpc) is 2.79. The Kier molecular flexibility index (Phi) is 4.33. The molecule has 0 aliphatic heterocycles. The van der Waals surface area contributed by atoms with Crippen molar-refractivity contribution in [3.8, 4) is 6.07 Å². The summed E-state index contributed by atoms with van der Waals surface area (Å²) in [5.41, 5.74) is 1.14. The van der Waals surface area contributed by atoms with Crippen LogP contribution < -0.4 is 5.76 Å². The fourth-order valence-corrected chi connectivity index (χ4v) is 1.83. The second kappa shape index (κ2) is 6.17. The van der Waals surface area contributed by atoms with E-state index in [0.717, 1.165) is 11.1 Å². The number of hydrogen-bond donors (Lipinski definition) is 1. The van der Waals surface area contributed by atoms with Gasteiger partial charge >= 0.3 is 5.76 Å². The van der Waals surface area contributed by atoms with Crippen LogP contribution in [-0.4, -0.2) is 14.9 Å². The molecule has 0 saturated carbocycles. The lowest BCUT2D eigenvalue weighted by Gasteiger charge is -2.09. The minimum absolute atomic E-state index is 0.0257. The predicted octanol–water partition coefficient (Wildman–Crippen LogP) is 1.39.